The van der Waals surface area contributed by atoms with Gasteiger partial charge in [-0.15, -0.1) is 4.40 Å². The van der Waals surface area contributed by atoms with Crippen molar-refractivity contribution in [1.29, 1.82) is 0 Å². The van der Waals surface area contributed by atoms with Crippen LogP contribution in [0, 0.1) is 0 Å². The molecule has 0 unspecified atom stereocenters. The molecule has 2 heterocycles. The van der Waals surface area contributed by atoms with Gasteiger partial charge in [0, 0.05) is 17.5 Å². The molecule has 0 saturated heterocycles. The minimum atomic E-state index is -3.82. The molecule has 10 heteroatoms. The van der Waals surface area contributed by atoms with Crippen LogP contribution in [0.15, 0.2) is 56.9 Å². The predicted octanol–water partition coefficient (Wildman–Crippen LogP) is 2.51. The number of amidine groups is 1. The van der Waals surface area contributed by atoms with E-state index in [0.29, 0.717) is 17.1 Å². The predicted molar refractivity (Wildman–Crippen MR) is 120 cm³/mol. The number of carbonyl (C=O) groups is 1. The molecule has 0 radical (unpaired) electrons. The molecule has 32 heavy (non-hydrogen) atoms. The zero-order valence-corrected chi connectivity index (χ0v) is 18.8. The maximum absolute atomic E-state index is 12.5. The van der Waals surface area contributed by atoms with Crippen molar-refractivity contribution in [2.24, 2.45) is 9.50 Å². The Hall–Kier alpha value is -3.40. The fourth-order valence-corrected chi connectivity index (χ4v) is 4.52. The summed E-state index contributed by atoms with van der Waals surface area (Å²) in [7, 11) is -3.82. The number of benzene rings is 2. The molecule has 0 atom stereocenters. The van der Waals surface area contributed by atoms with E-state index < -0.39 is 10.0 Å². The van der Waals surface area contributed by atoms with Crippen molar-refractivity contribution in [3.8, 4) is 11.5 Å². The highest BCUT2D eigenvalue weighted by Crippen LogP contribution is 2.32. The number of carbonyl (C=O) groups excluding carboxylic acids is 1. The van der Waals surface area contributed by atoms with E-state index in [1.165, 1.54) is 11.1 Å². The minimum absolute atomic E-state index is 0.108. The summed E-state index contributed by atoms with van der Waals surface area (Å²) in [6.07, 6.45) is 1.68. The topological polar surface area (TPSA) is 110 Å². The third-order valence-electron chi connectivity index (χ3n) is 4.66. The molecule has 2 aromatic rings. The molecule has 0 spiro atoms. The molecule has 2 aliphatic rings. The number of nitrogens with one attached hydrogen (secondary N) is 1. The van der Waals surface area contributed by atoms with E-state index in [1.54, 1.807) is 36.5 Å². The lowest BCUT2D eigenvalue weighted by Crippen LogP contribution is -2.42. The van der Waals surface area contributed by atoms with Crippen LogP contribution < -0.4 is 14.8 Å². The second kappa shape index (κ2) is 8.27. The van der Waals surface area contributed by atoms with Gasteiger partial charge in [-0.05, 0) is 56.7 Å². The van der Waals surface area contributed by atoms with Crippen molar-refractivity contribution in [1.82, 2.24) is 10.3 Å². The molecule has 9 nitrogen and oxygen atoms in total. The van der Waals surface area contributed by atoms with E-state index in [1.807, 2.05) is 26.8 Å². The first-order valence-electron chi connectivity index (χ1n) is 10.1. The van der Waals surface area contributed by atoms with Gasteiger partial charge in [0.2, 0.25) is 12.7 Å². The lowest BCUT2D eigenvalue weighted by atomic mass is 10.1. The van der Waals surface area contributed by atoms with Crippen LogP contribution in [0.25, 0.3) is 0 Å². The standard InChI is InChI=1S/C22H24N4O5S/c1-22(2,3)24-20(27)10-11-26(21-16-6-4-5-7-19(16)32(28,29)25-21)23-13-15-8-9-17-18(12-15)31-14-30-17/h4-9,12-13H,10-11,14H2,1-3H3,(H,24,27)/b23-13+. The van der Waals surface area contributed by atoms with Gasteiger partial charge in [0.25, 0.3) is 10.0 Å². The molecule has 0 fully saturated rings. The van der Waals surface area contributed by atoms with Crippen molar-refractivity contribution < 1.29 is 22.7 Å². The summed E-state index contributed by atoms with van der Waals surface area (Å²) in [6, 6.07) is 11.9. The van der Waals surface area contributed by atoms with Crippen LogP contribution in [-0.2, 0) is 14.8 Å². The Morgan fingerprint density at radius 2 is 1.94 bits per heavy atom. The number of amides is 1. The number of hydrogen-bond acceptors (Lipinski definition) is 7. The summed E-state index contributed by atoms with van der Waals surface area (Å²) in [6.45, 7) is 5.99. The Kier molecular flexibility index (Phi) is 5.64. The summed E-state index contributed by atoms with van der Waals surface area (Å²) in [5.74, 6) is 1.27. The molecular formula is C22H24N4O5S. The fraction of sp³-hybridized carbons (Fsp3) is 0.318. The highest BCUT2D eigenvalue weighted by atomic mass is 32.2. The number of nitrogens with zero attached hydrogens (tertiary/aromatic N) is 3. The van der Waals surface area contributed by atoms with Crippen LogP contribution in [0.4, 0.5) is 0 Å². The molecule has 2 aliphatic heterocycles. The van der Waals surface area contributed by atoms with Gasteiger partial charge < -0.3 is 14.8 Å². The summed E-state index contributed by atoms with van der Waals surface area (Å²) < 4.78 is 39.7. The Morgan fingerprint density at radius 1 is 1.19 bits per heavy atom. The largest absolute Gasteiger partial charge is 0.454 e. The molecule has 0 bridgehead atoms. The maximum atomic E-state index is 12.5. The highest BCUT2D eigenvalue weighted by molar-refractivity contribution is 7.90. The third-order valence-corrected chi connectivity index (χ3v) is 5.99. The zero-order chi connectivity index (χ0) is 22.9. The smallest absolute Gasteiger partial charge is 0.285 e. The average Bonchev–Trinajstić information content (AvgIpc) is 3.29. The molecule has 1 amide bonds. The summed E-state index contributed by atoms with van der Waals surface area (Å²) in [5.41, 5.74) is 0.804. The average molecular weight is 457 g/mol. The Balaban J connectivity index is 1.62. The van der Waals surface area contributed by atoms with E-state index in [4.69, 9.17) is 9.47 Å². The number of ether oxygens (including phenoxy) is 2. The van der Waals surface area contributed by atoms with Crippen molar-refractivity contribution in [3.63, 3.8) is 0 Å². The van der Waals surface area contributed by atoms with Gasteiger partial charge in [-0.25, -0.2) is 5.01 Å². The SMILES string of the molecule is CC(C)(C)NC(=O)CCN(/N=C/c1ccc2c(c1)OCO2)C1=NS(=O)(=O)c2ccccc21. The number of fused-ring (bicyclic) bond motifs is 2. The third kappa shape index (κ3) is 4.75. The quantitative estimate of drug-likeness (QED) is 0.547. The van der Waals surface area contributed by atoms with Crippen LogP contribution in [-0.4, -0.2) is 50.3 Å². The molecular weight excluding hydrogens is 432 g/mol. The van der Waals surface area contributed by atoms with E-state index in [9.17, 15) is 13.2 Å². The number of hydrazone groups is 1. The van der Waals surface area contributed by atoms with E-state index in [2.05, 4.69) is 14.8 Å². The molecule has 0 aromatic heterocycles. The fourth-order valence-electron chi connectivity index (χ4n) is 3.31. The van der Waals surface area contributed by atoms with Crippen LogP contribution in [0.1, 0.15) is 38.3 Å². The normalized spacial score (nSPS) is 16.0. The van der Waals surface area contributed by atoms with Crippen LogP contribution >= 0.6 is 0 Å². The van der Waals surface area contributed by atoms with E-state index >= 15 is 0 Å². The molecule has 168 valence electrons. The van der Waals surface area contributed by atoms with Gasteiger partial charge in [0.15, 0.2) is 17.3 Å². The molecule has 0 saturated carbocycles. The van der Waals surface area contributed by atoms with Gasteiger partial charge in [0.05, 0.1) is 12.8 Å². The molecule has 2 aromatic carbocycles. The number of hydrogen-bond donors (Lipinski definition) is 1. The number of sulfonamides is 1. The van der Waals surface area contributed by atoms with Gasteiger partial charge in [-0.2, -0.15) is 13.5 Å². The summed E-state index contributed by atoms with van der Waals surface area (Å²) >= 11 is 0. The van der Waals surface area contributed by atoms with Crippen molar-refractivity contribution in [3.05, 3.63) is 53.6 Å². The monoisotopic (exact) mass is 456 g/mol. The summed E-state index contributed by atoms with van der Waals surface area (Å²) in [5, 5.41) is 8.81. The first-order valence-corrected chi connectivity index (χ1v) is 11.5. The Labute approximate surface area is 186 Å². The molecule has 1 N–H and O–H groups in total. The molecule has 0 aliphatic carbocycles. The first kappa shape index (κ1) is 21.8. The van der Waals surface area contributed by atoms with Crippen LogP contribution in [0.2, 0.25) is 0 Å². The van der Waals surface area contributed by atoms with E-state index in [0.717, 1.165) is 5.56 Å². The lowest BCUT2D eigenvalue weighted by Gasteiger charge is -2.22. The van der Waals surface area contributed by atoms with E-state index in [-0.39, 0.29) is 41.9 Å². The van der Waals surface area contributed by atoms with Crippen molar-refractivity contribution in [2.45, 2.75) is 37.6 Å². The Morgan fingerprint density at radius 3 is 2.72 bits per heavy atom. The summed E-state index contributed by atoms with van der Waals surface area (Å²) in [4.78, 5) is 12.5. The lowest BCUT2D eigenvalue weighted by molar-refractivity contribution is -0.122. The van der Waals surface area contributed by atoms with Crippen LogP contribution in [0.3, 0.4) is 0 Å². The van der Waals surface area contributed by atoms with Gasteiger partial charge >= 0.3 is 0 Å². The second-order valence-electron chi connectivity index (χ2n) is 8.41. The highest BCUT2D eigenvalue weighted by Gasteiger charge is 2.32. The number of rotatable bonds is 5. The molecule has 4 rings (SSSR count). The van der Waals surface area contributed by atoms with Crippen molar-refractivity contribution >= 4 is 28.0 Å². The first-order chi connectivity index (χ1) is 15.1. The van der Waals surface area contributed by atoms with Crippen molar-refractivity contribution in [2.75, 3.05) is 13.3 Å². The minimum Gasteiger partial charge on any atom is -0.454 e. The Bertz CT molecular complexity index is 1220. The van der Waals surface area contributed by atoms with Gasteiger partial charge in [-0.1, -0.05) is 12.1 Å². The maximum Gasteiger partial charge on any atom is 0.285 e. The van der Waals surface area contributed by atoms with Gasteiger partial charge in [0.1, 0.15) is 4.90 Å². The second-order valence-corrected chi connectivity index (χ2v) is 9.99. The zero-order valence-electron chi connectivity index (χ0n) is 18.0. The van der Waals surface area contributed by atoms with Gasteiger partial charge in [-0.3, -0.25) is 4.79 Å². The van der Waals surface area contributed by atoms with Crippen LogP contribution in [0.5, 0.6) is 11.5 Å².